The van der Waals surface area contributed by atoms with Gasteiger partial charge >= 0.3 is 10.4 Å². The van der Waals surface area contributed by atoms with Crippen LogP contribution in [0.1, 0.15) is 23.6 Å². The lowest BCUT2D eigenvalue weighted by molar-refractivity contribution is -0.122. The fourth-order valence-corrected chi connectivity index (χ4v) is 4.22. The predicted molar refractivity (Wildman–Crippen MR) is 116 cm³/mol. The number of carbonyl (C=O) groups is 1. The van der Waals surface area contributed by atoms with E-state index < -0.39 is 10.4 Å². The standard InChI is InChI=1S/C18H26BrN3O4.H2O4S/c1-21(2)8-6-20-13(23)9-12-14-11(5-7-22(12)3)15(19)17-18(16(14)24-4)26-10-25-17;1-5(2,3)4/h12H,5-10H2,1-4H3,(H,20,23);(H2,1,2,3,4). The van der Waals surface area contributed by atoms with E-state index in [1.54, 1.807) is 7.11 Å². The summed E-state index contributed by atoms with van der Waals surface area (Å²) in [5.41, 5.74) is 2.15. The number of likely N-dealkylation sites (N-methyl/N-ethyl adjacent to an activating group) is 2. The van der Waals surface area contributed by atoms with Crippen LogP contribution in [0.3, 0.4) is 0 Å². The summed E-state index contributed by atoms with van der Waals surface area (Å²) < 4.78 is 49.4. The summed E-state index contributed by atoms with van der Waals surface area (Å²) >= 11 is 3.67. The Balaban J connectivity index is 0.000000614. The maximum atomic E-state index is 12.5. The van der Waals surface area contributed by atoms with Crippen LogP contribution in [0.15, 0.2) is 4.47 Å². The van der Waals surface area contributed by atoms with E-state index in [0.29, 0.717) is 30.2 Å². The molecule has 0 saturated carbocycles. The number of hydrogen-bond acceptors (Lipinski definition) is 8. The first-order valence-corrected chi connectivity index (χ1v) is 11.6. The van der Waals surface area contributed by atoms with Crippen LogP contribution in [-0.2, 0) is 21.6 Å². The van der Waals surface area contributed by atoms with Gasteiger partial charge in [-0.1, -0.05) is 0 Å². The third-order valence-electron chi connectivity index (χ3n) is 4.90. The molecule has 0 aliphatic carbocycles. The van der Waals surface area contributed by atoms with E-state index in [4.69, 9.17) is 31.7 Å². The van der Waals surface area contributed by atoms with E-state index in [1.165, 1.54) is 0 Å². The molecule has 0 radical (unpaired) electrons. The Morgan fingerprint density at radius 2 is 1.94 bits per heavy atom. The van der Waals surface area contributed by atoms with Crippen molar-refractivity contribution >= 4 is 32.2 Å². The van der Waals surface area contributed by atoms with Crippen molar-refractivity contribution in [1.29, 1.82) is 0 Å². The van der Waals surface area contributed by atoms with Crippen LogP contribution in [0.5, 0.6) is 17.2 Å². The molecule has 1 atom stereocenters. The average Bonchev–Trinajstić information content (AvgIpc) is 3.13. The van der Waals surface area contributed by atoms with Gasteiger partial charge in [0, 0.05) is 37.7 Å². The number of methoxy groups -OCH3 is 1. The van der Waals surface area contributed by atoms with E-state index in [1.807, 2.05) is 26.0 Å². The second kappa shape index (κ2) is 10.8. The van der Waals surface area contributed by atoms with Crippen LogP contribution in [0.2, 0.25) is 0 Å². The molecule has 13 heteroatoms. The average molecular weight is 526 g/mol. The molecule has 2 aliphatic heterocycles. The lowest BCUT2D eigenvalue weighted by Crippen LogP contribution is -2.38. The zero-order valence-electron chi connectivity index (χ0n) is 17.8. The van der Waals surface area contributed by atoms with Crippen molar-refractivity contribution in [2.75, 3.05) is 54.7 Å². The van der Waals surface area contributed by atoms with E-state index >= 15 is 0 Å². The van der Waals surface area contributed by atoms with Gasteiger partial charge in [-0.05, 0) is 49.1 Å². The first-order valence-electron chi connectivity index (χ1n) is 9.43. The van der Waals surface area contributed by atoms with Gasteiger partial charge in [0.2, 0.25) is 18.4 Å². The molecule has 1 unspecified atom stereocenters. The molecule has 0 spiro atoms. The number of nitrogens with zero attached hydrogens (tertiary/aromatic N) is 2. The highest BCUT2D eigenvalue weighted by Gasteiger charge is 2.37. The second-order valence-corrected chi connectivity index (χ2v) is 9.04. The Morgan fingerprint density at radius 1 is 1.32 bits per heavy atom. The molecule has 31 heavy (non-hydrogen) atoms. The van der Waals surface area contributed by atoms with Crippen molar-refractivity contribution in [2.45, 2.75) is 18.9 Å². The molecule has 1 amide bonds. The molecule has 176 valence electrons. The summed E-state index contributed by atoms with van der Waals surface area (Å²) in [6.45, 7) is 2.50. The molecule has 1 aromatic rings. The van der Waals surface area contributed by atoms with Crippen molar-refractivity contribution in [1.82, 2.24) is 15.1 Å². The number of amides is 1. The topological polar surface area (TPSA) is 138 Å². The molecule has 2 heterocycles. The van der Waals surface area contributed by atoms with Crippen LogP contribution in [0.25, 0.3) is 0 Å². The van der Waals surface area contributed by atoms with Gasteiger partial charge in [-0.3, -0.25) is 18.8 Å². The Labute approximate surface area is 190 Å². The highest BCUT2D eigenvalue weighted by Crippen LogP contribution is 2.54. The minimum Gasteiger partial charge on any atom is -0.492 e. The third-order valence-corrected chi connectivity index (χ3v) is 5.74. The van der Waals surface area contributed by atoms with Gasteiger partial charge in [-0.2, -0.15) is 8.42 Å². The van der Waals surface area contributed by atoms with Gasteiger partial charge < -0.3 is 24.4 Å². The van der Waals surface area contributed by atoms with Gasteiger partial charge in [-0.25, -0.2) is 0 Å². The summed E-state index contributed by atoms with van der Waals surface area (Å²) in [5.74, 6) is 2.02. The quantitative estimate of drug-likeness (QED) is 0.463. The van der Waals surface area contributed by atoms with Gasteiger partial charge in [0.15, 0.2) is 11.5 Å². The van der Waals surface area contributed by atoms with Crippen LogP contribution in [0, 0.1) is 0 Å². The Hall–Kier alpha value is -1.64. The number of halogens is 1. The third kappa shape index (κ3) is 6.92. The monoisotopic (exact) mass is 525 g/mol. The molecule has 3 rings (SSSR count). The van der Waals surface area contributed by atoms with Gasteiger partial charge in [0.25, 0.3) is 0 Å². The SMILES string of the molecule is COc1c2c(c(Br)c3c1C(CC(=O)NCCN(C)C)N(C)CC3)OCO2.O=S(=O)(O)O. The van der Waals surface area contributed by atoms with Crippen molar-refractivity contribution in [3.63, 3.8) is 0 Å². The minimum absolute atomic E-state index is 0.0346. The zero-order chi connectivity index (χ0) is 23.3. The fraction of sp³-hybridized carbons (Fsp3) is 0.611. The van der Waals surface area contributed by atoms with Gasteiger partial charge in [0.05, 0.1) is 11.6 Å². The van der Waals surface area contributed by atoms with Gasteiger partial charge in [0.1, 0.15) is 0 Å². The molecule has 11 nitrogen and oxygen atoms in total. The summed E-state index contributed by atoms with van der Waals surface area (Å²) in [6.07, 6.45) is 1.23. The molecular formula is C18H28BrN3O8S. The first-order chi connectivity index (χ1) is 14.4. The maximum Gasteiger partial charge on any atom is 0.394 e. The van der Waals surface area contributed by atoms with Crippen LogP contribution in [0.4, 0.5) is 0 Å². The molecular weight excluding hydrogens is 498 g/mol. The number of hydrogen-bond donors (Lipinski definition) is 3. The van der Waals surface area contributed by atoms with Crippen molar-refractivity contribution in [2.24, 2.45) is 0 Å². The smallest absolute Gasteiger partial charge is 0.394 e. The predicted octanol–water partition coefficient (Wildman–Crippen LogP) is 1.13. The van der Waals surface area contributed by atoms with Crippen molar-refractivity contribution in [3.05, 3.63) is 15.6 Å². The van der Waals surface area contributed by atoms with E-state index in [0.717, 1.165) is 35.1 Å². The summed E-state index contributed by atoms with van der Waals surface area (Å²) in [6, 6.07) is -0.0705. The van der Waals surface area contributed by atoms with Crippen molar-refractivity contribution in [3.8, 4) is 17.2 Å². The van der Waals surface area contributed by atoms with Gasteiger partial charge in [-0.15, -0.1) is 0 Å². The van der Waals surface area contributed by atoms with Crippen LogP contribution >= 0.6 is 15.9 Å². The molecule has 1 aromatic carbocycles. The Morgan fingerprint density at radius 3 is 2.52 bits per heavy atom. The summed E-state index contributed by atoms with van der Waals surface area (Å²) in [4.78, 5) is 16.7. The number of ether oxygens (including phenoxy) is 3. The molecule has 3 N–H and O–H groups in total. The Bertz CT molecular complexity index is 902. The zero-order valence-corrected chi connectivity index (χ0v) is 20.2. The molecule has 0 aromatic heterocycles. The summed E-state index contributed by atoms with van der Waals surface area (Å²) in [5, 5.41) is 3.00. The van der Waals surface area contributed by atoms with E-state index in [2.05, 4.69) is 26.1 Å². The highest BCUT2D eigenvalue weighted by atomic mass is 79.9. The number of carbonyl (C=O) groups excluding carboxylic acids is 1. The number of benzene rings is 1. The fourth-order valence-electron chi connectivity index (χ4n) is 3.51. The van der Waals surface area contributed by atoms with E-state index in [9.17, 15) is 4.79 Å². The molecule has 0 saturated heterocycles. The number of fused-ring (bicyclic) bond motifs is 2. The Kier molecular flexibility index (Phi) is 8.92. The highest BCUT2D eigenvalue weighted by molar-refractivity contribution is 9.10. The maximum absolute atomic E-state index is 12.5. The normalized spacial score (nSPS) is 17.6. The molecule has 2 aliphatic rings. The number of nitrogens with one attached hydrogen (secondary N) is 1. The van der Waals surface area contributed by atoms with Crippen LogP contribution in [-0.4, -0.2) is 87.9 Å². The largest absolute Gasteiger partial charge is 0.492 e. The molecule has 0 bridgehead atoms. The van der Waals surface area contributed by atoms with E-state index in [-0.39, 0.29) is 18.7 Å². The molecule has 0 fully saturated rings. The van der Waals surface area contributed by atoms with Crippen molar-refractivity contribution < 1.29 is 36.5 Å². The second-order valence-electron chi connectivity index (χ2n) is 7.36. The first kappa shape index (κ1) is 25.6. The minimum atomic E-state index is -4.67. The van der Waals surface area contributed by atoms with Crippen LogP contribution < -0.4 is 19.5 Å². The summed E-state index contributed by atoms with van der Waals surface area (Å²) in [7, 11) is 2.98. The lowest BCUT2D eigenvalue weighted by atomic mass is 9.89. The lowest BCUT2D eigenvalue weighted by Gasteiger charge is -2.36. The number of rotatable bonds is 6.